The highest BCUT2D eigenvalue weighted by Crippen LogP contribution is 2.28. The highest BCUT2D eigenvalue weighted by molar-refractivity contribution is 5.57. The number of hydrogen-bond acceptors (Lipinski definition) is 3. The molecule has 2 atom stereocenters. The van der Waals surface area contributed by atoms with Gasteiger partial charge < -0.3 is 15.5 Å². The molecule has 1 fully saturated rings. The van der Waals surface area contributed by atoms with E-state index in [1.165, 1.54) is 0 Å². The van der Waals surface area contributed by atoms with Crippen molar-refractivity contribution in [3.63, 3.8) is 0 Å². The number of hydrogen-bond donors (Lipinski definition) is 3. The molecule has 82 valence electrons. The van der Waals surface area contributed by atoms with Gasteiger partial charge in [0.05, 0.1) is 17.8 Å². The maximum absolute atomic E-state index is 9.67. The second-order valence-corrected chi connectivity index (χ2v) is 4.27. The van der Waals surface area contributed by atoms with E-state index in [0.29, 0.717) is 0 Å². The van der Waals surface area contributed by atoms with Crippen LogP contribution in [0.4, 0.5) is 5.69 Å². The van der Waals surface area contributed by atoms with Crippen molar-refractivity contribution in [2.24, 2.45) is 0 Å². The van der Waals surface area contributed by atoms with Crippen LogP contribution in [-0.2, 0) is 0 Å². The molecule has 0 radical (unpaired) electrons. The van der Waals surface area contributed by atoms with Gasteiger partial charge in [0.1, 0.15) is 5.75 Å². The van der Waals surface area contributed by atoms with E-state index < -0.39 is 0 Å². The zero-order chi connectivity index (χ0) is 10.8. The third-order valence-corrected chi connectivity index (χ3v) is 2.97. The summed E-state index contributed by atoms with van der Waals surface area (Å²) in [5.41, 5.74) is 1.82. The Balaban J connectivity index is 2.12. The van der Waals surface area contributed by atoms with Crippen molar-refractivity contribution in [1.82, 2.24) is 0 Å². The molecule has 3 N–H and O–H groups in total. The van der Waals surface area contributed by atoms with Gasteiger partial charge in [0.2, 0.25) is 0 Å². The van der Waals surface area contributed by atoms with Gasteiger partial charge in [-0.25, -0.2) is 0 Å². The Hall–Kier alpha value is -1.22. The molecule has 3 nitrogen and oxygen atoms in total. The number of aliphatic hydroxyl groups excluding tert-OH is 1. The van der Waals surface area contributed by atoms with Crippen molar-refractivity contribution in [3.05, 3.63) is 23.8 Å². The Morgan fingerprint density at radius 2 is 2.13 bits per heavy atom. The topological polar surface area (TPSA) is 52.5 Å². The van der Waals surface area contributed by atoms with Gasteiger partial charge in [0, 0.05) is 0 Å². The van der Waals surface area contributed by atoms with Crippen LogP contribution in [-0.4, -0.2) is 22.4 Å². The molecule has 15 heavy (non-hydrogen) atoms. The summed E-state index contributed by atoms with van der Waals surface area (Å²) in [7, 11) is 0. The zero-order valence-electron chi connectivity index (χ0n) is 8.90. The maximum atomic E-state index is 9.67. The predicted octanol–water partition coefficient (Wildman–Crippen LogP) is 2.03. The summed E-state index contributed by atoms with van der Waals surface area (Å²) in [6, 6.07) is 5.53. The number of anilines is 1. The summed E-state index contributed by atoms with van der Waals surface area (Å²) in [6.07, 6.45) is 2.58. The molecule has 0 saturated heterocycles. The lowest BCUT2D eigenvalue weighted by Crippen LogP contribution is -2.27. The van der Waals surface area contributed by atoms with Crippen molar-refractivity contribution in [1.29, 1.82) is 0 Å². The van der Waals surface area contributed by atoms with Gasteiger partial charge in [-0.05, 0) is 43.9 Å². The summed E-state index contributed by atoms with van der Waals surface area (Å²) >= 11 is 0. The van der Waals surface area contributed by atoms with E-state index in [2.05, 4.69) is 5.32 Å². The van der Waals surface area contributed by atoms with Crippen molar-refractivity contribution in [2.75, 3.05) is 5.32 Å². The van der Waals surface area contributed by atoms with Crippen LogP contribution in [0.5, 0.6) is 5.75 Å². The van der Waals surface area contributed by atoms with E-state index in [4.69, 9.17) is 0 Å². The van der Waals surface area contributed by atoms with E-state index in [-0.39, 0.29) is 17.9 Å². The first kappa shape index (κ1) is 10.3. The fourth-order valence-corrected chi connectivity index (χ4v) is 2.07. The third kappa shape index (κ3) is 2.23. The number of phenolic OH excluding ortho intramolecular Hbond substituents is 1. The lowest BCUT2D eigenvalue weighted by molar-refractivity contribution is 0.171. The molecule has 1 aromatic carbocycles. The van der Waals surface area contributed by atoms with Crippen LogP contribution in [0.15, 0.2) is 18.2 Å². The van der Waals surface area contributed by atoms with Gasteiger partial charge in [0.25, 0.3) is 0 Å². The van der Waals surface area contributed by atoms with Crippen LogP contribution in [0.2, 0.25) is 0 Å². The average molecular weight is 207 g/mol. The number of nitrogens with one attached hydrogen (secondary N) is 1. The predicted molar refractivity (Wildman–Crippen MR) is 60.1 cm³/mol. The van der Waals surface area contributed by atoms with Crippen molar-refractivity contribution in [3.8, 4) is 5.75 Å². The zero-order valence-corrected chi connectivity index (χ0v) is 8.90. The molecular weight excluding hydrogens is 190 g/mol. The molecule has 0 spiro atoms. The van der Waals surface area contributed by atoms with Crippen LogP contribution in [0, 0.1) is 6.92 Å². The smallest absolute Gasteiger partial charge is 0.138 e. The van der Waals surface area contributed by atoms with Crippen molar-refractivity contribution in [2.45, 2.75) is 38.3 Å². The van der Waals surface area contributed by atoms with E-state index >= 15 is 0 Å². The Morgan fingerprint density at radius 1 is 1.33 bits per heavy atom. The van der Waals surface area contributed by atoms with E-state index in [9.17, 15) is 10.2 Å². The SMILES string of the molecule is Cc1ccc(O)c(N[C@@H]2CCC[C@H]2O)c1. The lowest BCUT2D eigenvalue weighted by atomic mass is 10.1. The molecule has 1 aromatic rings. The number of aryl methyl sites for hydroxylation is 1. The number of benzene rings is 1. The standard InChI is InChI=1S/C12H17NO2/c1-8-5-6-12(15)10(7-8)13-9-3-2-4-11(9)14/h5-7,9,11,13-15H,2-4H2,1H3/t9-,11-/m1/s1. The Kier molecular flexibility index (Phi) is 2.82. The highest BCUT2D eigenvalue weighted by Gasteiger charge is 2.25. The molecule has 1 aliphatic carbocycles. The molecule has 2 rings (SSSR count). The molecule has 0 aliphatic heterocycles. The van der Waals surface area contributed by atoms with Crippen LogP contribution in [0.1, 0.15) is 24.8 Å². The van der Waals surface area contributed by atoms with E-state index in [0.717, 1.165) is 30.5 Å². The van der Waals surface area contributed by atoms with Crippen molar-refractivity contribution >= 4 is 5.69 Å². The summed E-state index contributed by atoms with van der Waals surface area (Å²) in [6.45, 7) is 1.98. The number of aliphatic hydroxyl groups is 1. The normalized spacial score (nSPS) is 25.5. The van der Waals surface area contributed by atoms with Crippen LogP contribution < -0.4 is 5.32 Å². The minimum atomic E-state index is -0.287. The maximum Gasteiger partial charge on any atom is 0.138 e. The van der Waals surface area contributed by atoms with Gasteiger partial charge in [-0.1, -0.05) is 6.07 Å². The molecule has 0 amide bonds. The first-order valence-electron chi connectivity index (χ1n) is 5.41. The van der Waals surface area contributed by atoms with Crippen molar-refractivity contribution < 1.29 is 10.2 Å². The van der Waals surface area contributed by atoms with E-state index in [1.54, 1.807) is 6.07 Å². The first-order valence-corrected chi connectivity index (χ1v) is 5.41. The molecule has 0 heterocycles. The van der Waals surface area contributed by atoms with Gasteiger partial charge in [-0.3, -0.25) is 0 Å². The molecule has 1 saturated carbocycles. The van der Waals surface area contributed by atoms with Gasteiger partial charge in [-0.2, -0.15) is 0 Å². The molecule has 1 aliphatic rings. The molecule has 0 unspecified atom stereocenters. The highest BCUT2D eigenvalue weighted by atomic mass is 16.3. The largest absolute Gasteiger partial charge is 0.506 e. The third-order valence-electron chi connectivity index (χ3n) is 2.97. The Bertz CT molecular complexity index is 351. The second kappa shape index (κ2) is 4.11. The van der Waals surface area contributed by atoms with Gasteiger partial charge in [-0.15, -0.1) is 0 Å². The second-order valence-electron chi connectivity index (χ2n) is 4.27. The van der Waals surface area contributed by atoms with Crippen LogP contribution in [0.3, 0.4) is 0 Å². The minimum absolute atomic E-state index is 0.0812. The molecular formula is C12H17NO2. The number of rotatable bonds is 2. The van der Waals surface area contributed by atoms with Gasteiger partial charge >= 0.3 is 0 Å². The summed E-state index contributed by atoms with van der Waals surface area (Å²) < 4.78 is 0. The number of phenols is 1. The summed E-state index contributed by atoms with van der Waals surface area (Å²) in [5, 5.41) is 22.5. The first-order chi connectivity index (χ1) is 7.16. The fourth-order valence-electron chi connectivity index (χ4n) is 2.07. The van der Waals surface area contributed by atoms with Crippen LogP contribution in [0.25, 0.3) is 0 Å². The quantitative estimate of drug-likeness (QED) is 0.650. The summed E-state index contributed by atoms with van der Waals surface area (Å²) in [4.78, 5) is 0. The minimum Gasteiger partial charge on any atom is -0.506 e. The van der Waals surface area contributed by atoms with E-state index in [1.807, 2.05) is 19.1 Å². The lowest BCUT2D eigenvalue weighted by Gasteiger charge is -2.18. The fraction of sp³-hybridized carbons (Fsp3) is 0.500. The summed E-state index contributed by atoms with van der Waals surface area (Å²) in [5.74, 6) is 0.250. The molecule has 3 heteroatoms. The van der Waals surface area contributed by atoms with Crippen LogP contribution >= 0.6 is 0 Å². The Morgan fingerprint density at radius 3 is 2.80 bits per heavy atom. The van der Waals surface area contributed by atoms with Gasteiger partial charge in [0.15, 0.2) is 0 Å². The molecule has 0 aromatic heterocycles. The molecule has 0 bridgehead atoms. The average Bonchev–Trinajstić information content (AvgIpc) is 2.58. The monoisotopic (exact) mass is 207 g/mol. The number of aromatic hydroxyl groups is 1. The Labute approximate surface area is 89.8 Å².